The highest BCUT2D eigenvalue weighted by atomic mass is 16.5. The maximum Gasteiger partial charge on any atom is 0.161 e. The zero-order valence-electron chi connectivity index (χ0n) is 10.5. The Kier molecular flexibility index (Phi) is 3.89. The van der Waals surface area contributed by atoms with Crippen LogP contribution in [0.4, 0.5) is 0 Å². The van der Waals surface area contributed by atoms with Crippen LogP contribution in [-0.2, 0) is 6.61 Å². The van der Waals surface area contributed by atoms with E-state index < -0.39 is 0 Å². The van der Waals surface area contributed by atoms with E-state index in [0.717, 1.165) is 5.56 Å². The van der Waals surface area contributed by atoms with E-state index in [1.807, 2.05) is 0 Å². The molecule has 0 radical (unpaired) electrons. The molecule has 0 spiro atoms. The molecule has 2 rings (SSSR count). The molecule has 1 N–H and O–H groups in total. The van der Waals surface area contributed by atoms with Crippen LogP contribution in [-0.4, -0.2) is 12.2 Å². The van der Waals surface area contributed by atoms with Crippen molar-refractivity contribution < 1.29 is 14.6 Å². The number of nitriles is 1. The van der Waals surface area contributed by atoms with Crippen molar-refractivity contribution in [1.82, 2.24) is 0 Å². The SMILES string of the molecule is COc1ccc(C#N)cc1COc1ccccc1O. The zero-order chi connectivity index (χ0) is 13.7. The Bertz CT molecular complexity index is 617. The normalized spacial score (nSPS) is 9.68. The number of phenols is 1. The van der Waals surface area contributed by atoms with E-state index in [4.69, 9.17) is 14.7 Å². The molecule has 0 saturated heterocycles. The summed E-state index contributed by atoms with van der Waals surface area (Å²) in [5.41, 5.74) is 1.29. The fraction of sp³-hybridized carbons (Fsp3) is 0.133. The first kappa shape index (κ1) is 12.8. The number of ether oxygens (including phenoxy) is 2. The highest BCUT2D eigenvalue weighted by Crippen LogP contribution is 2.27. The first-order chi connectivity index (χ1) is 9.24. The maximum absolute atomic E-state index is 9.61. The Morgan fingerprint density at radius 1 is 1.16 bits per heavy atom. The van der Waals surface area contributed by atoms with Gasteiger partial charge < -0.3 is 14.6 Å². The van der Waals surface area contributed by atoms with Crippen LogP contribution in [0.25, 0.3) is 0 Å². The van der Waals surface area contributed by atoms with Crippen LogP contribution in [0.1, 0.15) is 11.1 Å². The van der Waals surface area contributed by atoms with Gasteiger partial charge in [0.05, 0.1) is 18.7 Å². The van der Waals surface area contributed by atoms with Crippen LogP contribution in [0.2, 0.25) is 0 Å². The van der Waals surface area contributed by atoms with Gasteiger partial charge in [-0.05, 0) is 30.3 Å². The lowest BCUT2D eigenvalue weighted by atomic mass is 10.1. The van der Waals surface area contributed by atoms with Gasteiger partial charge in [-0.3, -0.25) is 0 Å². The summed E-state index contributed by atoms with van der Waals surface area (Å²) in [6, 6.07) is 13.9. The average molecular weight is 255 g/mol. The van der Waals surface area contributed by atoms with Gasteiger partial charge in [0, 0.05) is 5.56 Å². The van der Waals surface area contributed by atoms with Crippen LogP contribution < -0.4 is 9.47 Å². The monoisotopic (exact) mass is 255 g/mol. The molecule has 0 bridgehead atoms. The smallest absolute Gasteiger partial charge is 0.161 e. The molecule has 0 aromatic heterocycles. The van der Waals surface area contributed by atoms with Crippen LogP contribution in [0, 0.1) is 11.3 Å². The second-order valence-electron chi connectivity index (χ2n) is 3.89. The molecule has 0 aliphatic carbocycles. The number of para-hydroxylation sites is 2. The molecule has 0 heterocycles. The van der Waals surface area contributed by atoms with Crippen molar-refractivity contribution in [2.45, 2.75) is 6.61 Å². The van der Waals surface area contributed by atoms with Crippen LogP contribution in [0.3, 0.4) is 0 Å². The summed E-state index contributed by atoms with van der Waals surface area (Å²) in [6.45, 7) is 0.219. The highest BCUT2D eigenvalue weighted by Gasteiger charge is 2.07. The number of methoxy groups -OCH3 is 1. The molecule has 0 amide bonds. The quantitative estimate of drug-likeness (QED) is 0.912. The Hall–Kier alpha value is -2.67. The van der Waals surface area contributed by atoms with Gasteiger partial charge in [-0.25, -0.2) is 0 Å². The number of benzene rings is 2. The topological polar surface area (TPSA) is 62.5 Å². The Morgan fingerprint density at radius 3 is 2.63 bits per heavy atom. The fourth-order valence-electron chi connectivity index (χ4n) is 1.70. The van der Waals surface area contributed by atoms with E-state index in [-0.39, 0.29) is 12.4 Å². The van der Waals surface area contributed by atoms with Gasteiger partial charge in [-0.1, -0.05) is 12.1 Å². The van der Waals surface area contributed by atoms with E-state index in [0.29, 0.717) is 17.1 Å². The van der Waals surface area contributed by atoms with Gasteiger partial charge in [0.1, 0.15) is 12.4 Å². The summed E-state index contributed by atoms with van der Waals surface area (Å²) in [7, 11) is 1.56. The maximum atomic E-state index is 9.61. The lowest BCUT2D eigenvalue weighted by molar-refractivity contribution is 0.282. The summed E-state index contributed by atoms with van der Waals surface area (Å²) in [5.74, 6) is 1.12. The molecule has 0 aliphatic heterocycles. The number of aromatic hydroxyl groups is 1. The molecular weight excluding hydrogens is 242 g/mol. The van der Waals surface area contributed by atoms with Gasteiger partial charge in [-0.2, -0.15) is 5.26 Å². The summed E-state index contributed by atoms with van der Waals surface area (Å²) < 4.78 is 10.7. The Balaban J connectivity index is 2.19. The predicted molar refractivity (Wildman–Crippen MR) is 70.1 cm³/mol. The second-order valence-corrected chi connectivity index (χ2v) is 3.89. The van der Waals surface area contributed by atoms with E-state index >= 15 is 0 Å². The third kappa shape index (κ3) is 2.96. The van der Waals surface area contributed by atoms with Crippen molar-refractivity contribution >= 4 is 0 Å². The molecule has 0 aliphatic rings. The van der Waals surface area contributed by atoms with E-state index in [9.17, 15) is 5.11 Å². The number of nitrogens with zero attached hydrogens (tertiary/aromatic N) is 1. The molecular formula is C15H13NO3. The molecule has 0 unspecified atom stereocenters. The van der Waals surface area contributed by atoms with Crippen LogP contribution in [0.15, 0.2) is 42.5 Å². The second kappa shape index (κ2) is 5.78. The largest absolute Gasteiger partial charge is 0.504 e. The standard InChI is InChI=1S/C15H13NO3/c1-18-14-7-6-11(9-16)8-12(14)10-19-15-5-3-2-4-13(15)17/h2-8,17H,10H2,1H3. The van der Waals surface area contributed by atoms with Crippen molar-refractivity contribution in [1.29, 1.82) is 5.26 Å². The molecule has 96 valence electrons. The average Bonchev–Trinajstić information content (AvgIpc) is 2.46. The summed E-state index contributed by atoms with van der Waals surface area (Å²) >= 11 is 0. The third-order valence-corrected chi connectivity index (χ3v) is 2.66. The van der Waals surface area contributed by atoms with Crippen LogP contribution >= 0.6 is 0 Å². The van der Waals surface area contributed by atoms with E-state index in [1.54, 1.807) is 49.6 Å². The van der Waals surface area contributed by atoms with Crippen LogP contribution in [0.5, 0.6) is 17.2 Å². The van der Waals surface area contributed by atoms with Crippen molar-refractivity contribution in [2.24, 2.45) is 0 Å². The van der Waals surface area contributed by atoms with Gasteiger partial charge in [0.15, 0.2) is 11.5 Å². The minimum absolute atomic E-state index is 0.0814. The lowest BCUT2D eigenvalue weighted by Gasteiger charge is -2.11. The molecule has 19 heavy (non-hydrogen) atoms. The summed E-state index contributed by atoms with van der Waals surface area (Å²) in [6.07, 6.45) is 0. The van der Waals surface area contributed by atoms with Crippen molar-refractivity contribution in [2.75, 3.05) is 7.11 Å². The Morgan fingerprint density at radius 2 is 1.95 bits per heavy atom. The molecule has 4 heteroatoms. The van der Waals surface area contributed by atoms with Crippen molar-refractivity contribution in [3.8, 4) is 23.3 Å². The minimum Gasteiger partial charge on any atom is -0.504 e. The van der Waals surface area contributed by atoms with Gasteiger partial charge in [0.25, 0.3) is 0 Å². The molecule has 0 atom stereocenters. The van der Waals surface area contributed by atoms with E-state index in [1.165, 1.54) is 0 Å². The number of phenolic OH excluding ortho intramolecular Hbond substituents is 1. The first-order valence-corrected chi connectivity index (χ1v) is 5.72. The van der Waals surface area contributed by atoms with Crippen molar-refractivity contribution in [3.63, 3.8) is 0 Å². The Labute approximate surface area is 111 Å². The van der Waals surface area contributed by atoms with E-state index in [2.05, 4.69) is 6.07 Å². The zero-order valence-corrected chi connectivity index (χ0v) is 10.5. The molecule has 0 fully saturated rings. The first-order valence-electron chi connectivity index (χ1n) is 5.72. The van der Waals surface area contributed by atoms with Gasteiger partial charge >= 0.3 is 0 Å². The lowest BCUT2D eigenvalue weighted by Crippen LogP contribution is -1.99. The number of hydrogen-bond acceptors (Lipinski definition) is 4. The third-order valence-electron chi connectivity index (χ3n) is 2.66. The van der Waals surface area contributed by atoms with Crippen molar-refractivity contribution in [3.05, 3.63) is 53.6 Å². The molecule has 2 aromatic rings. The summed E-state index contributed by atoms with van der Waals surface area (Å²) in [4.78, 5) is 0. The fourth-order valence-corrected chi connectivity index (χ4v) is 1.70. The highest BCUT2D eigenvalue weighted by molar-refractivity contribution is 5.43. The number of hydrogen-bond donors (Lipinski definition) is 1. The molecule has 2 aromatic carbocycles. The van der Waals surface area contributed by atoms with Gasteiger partial charge in [0.2, 0.25) is 0 Å². The molecule has 0 saturated carbocycles. The predicted octanol–water partition coefficient (Wildman–Crippen LogP) is 2.85. The minimum atomic E-state index is 0.0814. The van der Waals surface area contributed by atoms with Gasteiger partial charge in [-0.15, -0.1) is 0 Å². The summed E-state index contributed by atoms with van der Waals surface area (Å²) in [5, 5.41) is 18.5. The molecule has 4 nitrogen and oxygen atoms in total. The number of rotatable bonds is 4.